The molecule has 0 amide bonds. The summed E-state index contributed by atoms with van der Waals surface area (Å²) in [6, 6.07) is 8.83. The maximum atomic E-state index is 5.98. The maximum absolute atomic E-state index is 5.98. The van der Waals surface area contributed by atoms with E-state index in [2.05, 4.69) is 44.2 Å². The summed E-state index contributed by atoms with van der Waals surface area (Å²) < 4.78 is 5.98. The minimum atomic E-state index is 0.0383. The van der Waals surface area contributed by atoms with E-state index in [0.717, 1.165) is 24.8 Å². The molecular formula is C15H14N4O. The number of rotatable bonds is 2. The van der Waals surface area contributed by atoms with Crippen LogP contribution >= 0.6 is 0 Å². The monoisotopic (exact) mass is 266 g/mol. The van der Waals surface area contributed by atoms with Crippen LogP contribution in [-0.2, 0) is 6.42 Å². The highest BCUT2D eigenvalue weighted by Gasteiger charge is 2.22. The van der Waals surface area contributed by atoms with E-state index in [1.54, 1.807) is 12.5 Å². The summed E-state index contributed by atoms with van der Waals surface area (Å²) in [5, 5.41) is 0. The molecule has 0 bridgehead atoms. The van der Waals surface area contributed by atoms with E-state index in [4.69, 9.17) is 4.74 Å². The average Bonchev–Trinajstić information content (AvgIpc) is 2.95. The SMILES string of the molecule is c1ccc2c(c1)CCCC2Oc1ncc2[nH]cnc2n1. The van der Waals surface area contributed by atoms with Crippen molar-refractivity contribution in [1.82, 2.24) is 19.9 Å². The second-order valence-corrected chi connectivity index (χ2v) is 4.99. The topological polar surface area (TPSA) is 63.7 Å². The van der Waals surface area contributed by atoms with Crippen molar-refractivity contribution in [2.75, 3.05) is 0 Å². The minimum Gasteiger partial charge on any atom is -0.455 e. The molecule has 4 rings (SSSR count). The van der Waals surface area contributed by atoms with Crippen LogP contribution in [0.25, 0.3) is 11.2 Å². The molecule has 1 N–H and O–H groups in total. The molecule has 0 saturated heterocycles. The first-order valence-electron chi connectivity index (χ1n) is 6.81. The zero-order valence-electron chi connectivity index (χ0n) is 10.9. The number of aromatic nitrogens is 4. The van der Waals surface area contributed by atoms with Gasteiger partial charge in [0.1, 0.15) is 11.6 Å². The standard InChI is InChI=1S/C15H14N4O/c1-2-6-11-10(4-1)5-3-7-13(11)20-15-16-8-12-14(19-15)18-9-17-12/h1-2,4,6,8-9,13H,3,5,7H2,(H,16,17,18,19). The number of fused-ring (bicyclic) bond motifs is 2. The number of hydrogen-bond acceptors (Lipinski definition) is 4. The van der Waals surface area contributed by atoms with Gasteiger partial charge in [0.2, 0.25) is 0 Å². The normalized spacial score (nSPS) is 17.9. The minimum absolute atomic E-state index is 0.0383. The number of benzene rings is 1. The van der Waals surface area contributed by atoms with Crippen LogP contribution < -0.4 is 4.74 Å². The van der Waals surface area contributed by atoms with Crippen molar-refractivity contribution in [2.45, 2.75) is 25.4 Å². The number of aryl methyl sites for hydroxylation is 1. The number of nitrogens with one attached hydrogen (secondary N) is 1. The van der Waals surface area contributed by atoms with E-state index in [-0.39, 0.29) is 6.10 Å². The van der Waals surface area contributed by atoms with E-state index >= 15 is 0 Å². The van der Waals surface area contributed by atoms with Crippen molar-refractivity contribution in [1.29, 1.82) is 0 Å². The highest BCUT2D eigenvalue weighted by molar-refractivity contribution is 5.68. The van der Waals surface area contributed by atoms with Crippen molar-refractivity contribution in [2.24, 2.45) is 0 Å². The fraction of sp³-hybridized carbons (Fsp3) is 0.267. The summed E-state index contributed by atoms with van der Waals surface area (Å²) in [4.78, 5) is 15.7. The van der Waals surface area contributed by atoms with Gasteiger partial charge in [0, 0.05) is 0 Å². The Morgan fingerprint density at radius 2 is 2.15 bits per heavy atom. The molecule has 1 aliphatic rings. The van der Waals surface area contributed by atoms with E-state index < -0.39 is 0 Å². The molecule has 1 unspecified atom stereocenters. The summed E-state index contributed by atoms with van der Waals surface area (Å²) >= 11 is 0. The second-order valence-electron chi connectivity index (χ2n) is 4.99. The Morgan fingerprint density at radius 3 is 3.15 bits per heavy atom. The predicted molar refractivity (Wildman–Crippen MR) is 74.4 cm³/mol. The Balaban J connectivity index is 1.66. The van der Waals surface area contributed by atoms with E-state index in [1.165, 1.54) is 11.1 Å². The lowest BCUT2D eigenvalue weighted by Crippen LogP contribution is -2.16. The van der Waals surface area contributed by atoms with Crippen LogP contribution in [0.2, 0.25) is 0 Å². The smallest absolute Gasteiger partial charge is 0.319 e. The van der Waals surface area contributed by atoms with Crippen molar-refractivity contribution in [3.63, 3.8) is 0 Å². The van der Waals surface area contributed by atoms with Gasteiger partial charge in [-0.1, -0.05) is 24.3 Å². The molecule has 0 radical (unpaired) electrons. The van der Waals surface area contributed by atoms with Crippen LogP contribution in [0.1, 0.15) is 30.1 Å². The van der Waals surface area contributed by atoms with Gasteiger partial charge in [-0.15, -0.1) is 0 Å². The number of imidazole rings is 1. The van der Waals surface area contributed by atoms with Gasteiger partial charge < -0.3 is 9.72 Å². The Kier molecular flexibility index (Phi) is 2.62. The Hall–Kier alpha value is -2.43. The first-order valence-corrected chi connectivity index (χ1v) is 6.81. The van der Waals surface area contributed by atoms with Crippen LogP contribution in [0.15, 0.2) is 36.8 Å². The first kappa shape index (κ1) is 11.4. The highest BCUT2D eigenvalue weighted by Crippen LogP contribution is 2.32. The molecule has 0 spiro atoms. The number of nitrogens with zero attached hydrogens (tertiary/aromatic N) is 3. The number of hydrogen-bond donors (Lipinski definition) is 1. The molecule has 0 saturated carbocycles. The van der Waals surface area contributed by atoms with Crippen molar-refractivity contribution in [3.8, 4) is 6.01 Å². The van der Waals surface area contributed by atoms with Crippen molar-refractivity contribution < 1.29 is 4.74 Å². The third kappa shape index (κ3) is 1.91. The molecule has 2 heterocycles. The second kappa shape index (κ2) is 4.59. The van der Waals surface area contributed by atoms with Crippen LogP contribution in [-0.4, -0.2) is 19.9 Å². The highest BCUT2D eigenvalue weighted by atomic mass is 16.5. The summed E-state index contributed by atoms with van der Waals surface area (Å²) in [6.45, 7) is 0. The molecule has 2 aromatic heterocycles. The average molecular weight is 266 g/mol. The lowest BCUT2D eigenvalue weighted by molar-refractivity contribution is 0.168. The van der Waals surface area contributed by atoms with Gasteiger partial charge in [-0.05, 0) is 30.4 Å². The fourth-order valence-electron chi connectivity index (χ4n) is 2.74. The maximum Gasteiger partial charge on any atom is 0.319 e. The summed E-state index contributed by atoms with van der Waals surface area (Å²) in [6.07, 6.45) is 6.61. The Labute approximate surface area is 116 Å². The molecule has 1 aromatic carbocycles. The third-order valence-electron chi connectivity index (χ3n) is 3.72. The third-order valence-corrected chi connectivity index (χ3v) is 3.72. The molecule has 1 aliphatic carbocycles. The van der Waals surface area contributed by atoms with Gasteiger partial charge in [-0.25, -0.2) is 9.97 Å². The quantitative estimate of drug-likeness (QED) is 0.774. The molecule has 0 aliphatic heterocycles. The zero-order chi connectivity index (χ0) is 13.4. The van der Waals surface area contributed by atoms with Gasteiger partial charge in [-0.2, -0.15) is 4.98 Å². The predicted octanol–water partition coefficient (Wildman–Crippen LogP) is 2.81. The van der Waals surface area contributed by atoms with Gasteiger partial charge in [-0.3, -0.25) is 0 Å². The molecule has 0 fully saturated rings. The van der Waals surface area contributed by atoms with Crippen LogP contribution in [0, 0.1) is 0 Å². The number of aromatic amines is 1. The summed E-state index contributed by atoms with van der Waals surface area (Å²) in [5.41, 5.74) is 4.08. The molecule has 1 atom stereocenters. The van der Waals surface area contributed by atoms with Crippen LogP contribution in [0.3, 0.4) is 0 Å². The molecule has 3 aromatic rings. The number of H-pyrrole nitrogens is 1. The van der Waals surface area contributed by atoms with Crippen molar-refractivity contribution >= 4 is 11.2 Å². The number of ether oxygens (including phenoxy) is 1. The lowest BCUT2D eigenvalue weighted by Gasteiger charge is -2.25. The summed E-state index contributed by atoms with van der Waals surface area (Å²) in [5.74, 6) is 0. The lowest BCUT2D eigenvalue weighted by atomic mass is 9.89. The molecule has 20 heavy (non-hydrogen) atoms. The Bertz CT molecular complexity index is 752. The van der Waals surface area contributed by atoms with Gasteiger partial charge in [0.15, 0.2) is 5.65 Å². The first-order chi connectivity index (χ1) is 9.90. The fourth-order valence-corrected chi connectivity index (χ4v) is 2.74. The zero-order valence-corrected chi connectivity index (χ0v) is 10.9. The van der Waals surface area contributed by atoms with Gasteiger partial charge >= 0.3 is 6.01 Å². The van der Waals surface area contributed by atoms with E-state index in [0.29, 0.717) is 11.7 Å². The molecule has 100 valence electrons. The van der Waals surface area contributed by atoms with E-state index in [9.17, 15) is 0 Å². The molecular weight excluding hydrogens is 252 g/mol. The van der Waals surface area contributed by atoms with Crippen LogP contribution in [0.5, 0.6) is 6.01 Å². The Morgan fingerprint density at radius 1 is 1.20 bits per heavy atom. The van der Waals surface area contributed by atoms with E-state index in [1.807, 2.05) is 0 Å². The van der Waals surface area contributed by atoms with Gasteiger partial charge in [0.05, 0.1) is 12.5 Å². The largest absolute Gasteiger partial charge is 0.455 e. The van der Waals surface area contributed by atoms with Crippen LogP contribution in [0.4, 0.5) is 0 Å². The molecule has 5 heteroatoms. The molecule has 5 nitrogen and oxygen atoms in total. The summed E-state index contributed by atoms with van der Waals surface area (Å²) in [7, 11) is 0. The van der Waals surface area contributed by atoms with Gasteiger partial charge in [0.25, 0.3) is 0 Å². The van der Waals surface area contributed by atoms with Crippen molar-refractivity contribution in [3.05, 3.63) is 47.9 Å².